The Balaban J connectivity index is 2.30. The van der Waals surface area contributed by atoms with E-state index in [2.05, 4.69) is 5.32 Å². The SMILES string of the molecule is Cc1cccc(Nc2cc(F)cc(C#N)c2)c1. The third-order valence-corrected chi connectivity index (χ3v) is 2.33. The van der Waals surface area contributed by atoms with E-state index in [4.69, 9.17) is 5.26 Å². The van der Waals surface area contributed by atoms with E-state index in [0.29, 0.717) is 11.3 Å². The van der Waals surface area contributed by atoms with E-state index < -0.39 is 5.82 Å². The van der Waals surface area contributed by atoms with Crippen molar-refractivity contribution < 1.29 is 4.39 Å². The second-order valence-corrected chi connectivity index (χ2v) is 3.83. The molecule has 2 rings (SSSR count). The summed E-state index contributed by atoms with van der Waals surface area (Å²) in [6, 6.07) is 13.9. The molecule has 0 aliphatic rings. The maximum atomic E-state index is 13.2. The van der Waals surface area contributed by atoms with Gasteiger partial charge >= 0.3 is 0 Å². The van der Waals surface area contributed by atoms with E-state index in [-0.39, 0.29) is 0 Å². The molecule has 0 aliphatic carbocycles. The fraction of sp³-hybridized carbons (Fsp3) is 0.0714. The van der Waals surface area contributed by atoms with Crippen molar-refractivity contribution in [2.45, 2.75) is 6.92 Å². The largest absolute Gasteiger partial charge is 0.355 e. The van der Waals surface area contributed by atoms with Gasteiger partial charge in [0.1, 0.15) is 5.82 Å². The smallest absolute Gasteiger partial charge is 0.126 e. The number of nitriles is 1. The molecule has 0 amide bonds. The monoisotopic (exact) mass is 226 g/mol. The summed E-state index contributed by atoms with van der Waals surface area (Å²) in [4.78, 5) is 0. The molecule has 0 fully saturated rings. The molecule has 0 heterocycles. The lowest BCUT2D eigenvalue weighted by Gasteiger charge is -2.07. The highest BCUT2D eigenvalue weighted by Crippen LogP contribution is 2.19. The Hall–Kier alpha value is -2.34. The number of nitrogens with one attached hydrogen (secondary N) is 1. The third kappa shape index (κ3) is 2.82. The zero-order valence-electron chi connectivity index (χ0n) is 9.37. The summed E-state index contributed by atoms with van der Waals surface area (Å²) >= 11 is 0. The van der Waals surface area contributed by atoms with Crippen molar-refractivity contribution in [2.75, 3.05) is 5.32 Å². The highest BCUT2D eigenvalue weighted by Gasteiger charge is 2.01. The van der Waals surface area contributed by atoms with Crippen LogP contribution in [0.5, 0.6) is 0 Å². The van der Waals surface area contributed by atoms with Crippen LogP contribution in [-0.2, 0) is 0 Å². The number of aryl methyl sites for hydroxylation is 1. The predicted octanol–water partition coefficient (Wildman–Crippen LogP) is 3.75. The van der Waals surface area contributed by atoms with Crippen LogP contribution in [-0.4, -0.2) is 0 Å². The van der Waals surface area contributed by atoms with Crippen molar-refractivity contribution in [3.05, 3.63) is 59.4 Å². The molecule has 0 atom stereocenters. The molecule has 0 unspecified atom stereocenters. The van der Waals surface area contributed by atoms with Crippen LogP contribution in [0, 0.1) is 24.1 Å². The lowest BCUT2D eigenvalue weighted by Crippen LogP contribution is -1.92. The van der Waals surface area contributed by atoms with Gasteiger partial charge in [0.05, 0.1) is 11.6 Å². The van der Waals surface area contributed by atoms with Gasteiger partial charge in [0, 0.05) is 11.4 Å². The summed E-state index contributed by atoms with van der Waals surface area (Å²) in [6.07, 6.45) is 0. The van der Waals surface area contributed by atoms with E-state index in [1.54, 1.807) is 6.07 Å². The Kier molecular flexibility index (Phi) is 3.06. The van der Waals surface area contributed by atoms with Gasteiger partial charge in [0.15, 0.2) is 0 Å². The van der Waals surface area contributed by atoms with Crippen molar-refractivity contribution in [3.8, 4) is 6.07 Å². The van der Waals surface area contributed by atoms with Crippen molar-refractivity contribution in [1.82, 2.24) is 0 Å². The molecular formula is C14H11FN2. The quantitative estimate of drug-likeness (QED) is 0.846. The standard InChI is InChI=1S/C14H11FN2/c1-10-3-2-4-13(5-10)17-14-7-11(9-16)6-12(15)8-14/h2-8,17H,1H3. The molecule has 2 aromatic carbocycles. The van der Waals surface area contributed by atoms with Crippen molar-refractivity contribution in [2.24, 2.45) is 0 Å². The van der Waals surface area contributed by atoms with Crippen molar-refractivity contribution in [1.29, 1.82) is 5.26 Å². The number of rotatable bonds is 2. The summed E-state index contributed by atoms with van der Waals surface area (Å²) in [5.41, 5.74) is 2.87. The van der Waals surface area contributed by atoms with E-state index >= 15 is 0 Å². The Labute approximate surface area is 99.3 Å². The second kappa shape index (κ2) is 4.67. The predicted molar refractivity (Wildman–Crippen MR) is 65.6 cm³/mol. The maximum absolute atomic E-state index is 13.2. The van der Waals surface area contributed by atoms with Crippen molar-refractivity contribution in [3.63, 3.8) is 0 Å². The zero-order valence-corrected chi connectivity index (χ0v) is 9.37. The van der Waals surface area contributed by atoms with E-state index in [0.717, 1.165) is 11.3 Å². The Morgan fingerprint density at radius 2 is 1.94 bits per heavy atom. The molecule has 3 heteroatoms. The molecular weight excluding hydrogens is 215 g/mol. The number of hydrogen-bond donors (Lipinski definition) is 1. The van der Waals surface area contributed by atoms with Crippen LogP contribution in [0.15, 0.2) is 42.5 Å². The molecule has 2 nitrogen and oxygen atoms in total. The minimum atomic E-state index is -0.417. The summed E-state index contributed by atoms with van der Waals surface area (Å²) in [5, 5.41) is 11.8. The topological polar surface area (TPSA) is 35.8 Å². The number of benzene rings is 2. The molecule has 84 valence electrons. The average Bonchev–Trinajstić information content (AvgIpc) is 2.28. The Morgan fingerprint density at radius 1 is 1.12 bits per heavy atom. The average molecular weight is 226 g/mol. The molecule has 0 saturated carbocycles. The zero-order chi connectivity index (χ0) is 12.3. The lowest BCUT2D eigenvalue weighted by atomic mass is 10.2. The Morgan fingerprint density at radius 3 is 2.65 bits per heavy atom. The normalized spacial score (nSPS) is 9.71. The minimum Gasteiger partial charge on any atom is -0.355 e. The number of hydrogen-bond acceptors (Lipinski definition) is 2. The Bertz CT molecular complexity index is 585. The first-order valence-electron chi connectivity index (χ1n) is 5.22. The first-order chi connectivity index (χ1) is 8.17. The molecule has 2 aromatic rings. The second-order valence-electron chi connectivity index (χ2n) is 3.83. The van der Waals surface area contributed by atoms with Gasteiger partial charge < -0.3 is 5.32 Å². The van der Waals surface area contributed by atoms with E-state index in [1.165, 1.54) is 12.1 Å². The molecule has 0 aromatic heterocycles. The molecule has 0 bridgehead atoms. The van der Waals surface area contributed by atoms with Crippen LogP contribution in [0.25, 0.3) is 0 Å². The summed E-state index contributed by atoms with van der Waals surface area (Å²) in [7, 11) is 0. The fourth-order valence-corrected chi connectivity index (χ4v) is 1.62. The molecule has 0 saturated heterocycles. The van der Waals surface area contributed by atoms with Crippen LogP contribution < -0.4 is 5.32 Å². The number of halogens is 1. The first-order valence-corrected chi connectivity index (χ1v) is 5.22. The number of nitrogens with zero attached hydrogens (tertiary/aromatic N) is 1. The molecule has 1 N–H and O–H groups in total. The molecule has 0 aliphatic heterocycles. The van der Waals surface area contributed by atoms with Crippen LogP contribution in [0.4, 0.5) is 15.8 Å². The van der Waals surface area contributed by atoms with E-state index in [1.807, 2.05) is 37.3 Å². The molecule has 0 radical (unpaired) electrons. The summed E-state index contributed by atoms with van der Waals surface area (Å²) < 4.78 is 13.2. The minimum absolute atomic E-state index is 0.306. The summed E-state index contributed by atoms with van der Waals surface area (Å²) in [6.45, 7) is 1.98. The molecule has 17 heavy (non-hydrogen) atoms. The fourth-order valence-electron chi connectivity index (χ4n) is 1.62. The number of anilines is 2. The third-order valence-electron chi connectivity index (χ3n) is 2.33. The van der Waals surface area contributed by atoms with E-state index in [9.17, 15) is 4.39 Å². The van der Waals surface area contributed by atoms with Gasteiger partial charge in [-0.05, 0) is 42.8 Å². The van der Waals surface area contributed by atoms with Crippen molar-refractivity contribution >= 4 is 11.4 Å². The van der Waals surface area contributed by atoms with Gasteiger partial charge in [-0.3, -0.25) is 0 Å². The maximum Gasteiger partial charge on any atom is 0.126 e. The van der Waals surface area contributed by atoms with Gasteiger partial charge in [0.2, 0.25) is 0 Å². The van der Waals surface area contributed by atoms with Gasteiger partial charge in [-0.25, -0.2) is 4.39 Å². The highest BCUT2D eigenvalue weighted by molar-refractivity contribution is 5.62. The van der Waals surface area contributed by atoms with Crippen LogP contribution in [0.3, 0.4) is 0 Å². The molecule has 0 spiro atoms. The van der Waals surface area contributed by atoms with Crippen LogP contribution in [0.2, 0.25) is 0 Å². The van der Waals surface area contributed by atoms with Crippen LogP contribution in [0.1, 0.15) is 11.1 Å². The van der Waals surface area contributed by atoms with Gasteiger partial charge in [-0.15, -0.1) is 0 Å². The van der Waals surface area contributed by atoms with Gasteiger partial charge in [-0.1, -0.05) is 12.1 Å². The van der Waals surface area contributed by atoms with Gasteiger partial charge in [0.25, 0.3) is 0 Å². The lowest BCUT2D eigenvalue weighted by molar-refractivity contribution is 0.628. The summed E-state index contributed by atoms with van der Waals surface area (Å²) in [5.74, 6) is -0.417. The van der Waals surface area contributed by atoms with Gasteiger partial charge in [-0.2, -0.15) is 5.26 Å². The highest BCUT2D eigenvalue weighted by atomic mass is 19.1. The van der Waals surface area contributed by atoms with Crippen LogP contribution >= 0.6 is 0 Å². The first kappa shape index (κ1) is 11.2.